The van der Waals surface area contributed by atoms with Crippen molar-refractivity contribution in [1.82, 2.24) is 0 Å². The molecule has 0 spiro atoms. The van der Waals surface area contributed by atoms with E-state index in [2.05, 4.69) is 0 Å². The van der Waals surface area contributed by atoms with Crippen molar-refractivity contribution in [3.8, 4) is 5.75 Å². The number of ether oxygens (including phenoxy) is 1. The predicted octanol–water partition coefficient (Wildman–Crippen LogP) is 3.22. The third-order valence-electron chi connectivity index (χ3n) is 3.17. The number of carboxylic acids is 1. The van der Waals surface area contributed by atoms with Crippen LogP contribution < -0.4 is 10.5 Å². The largest absolute Gasteiger partial charge is 0.488 e. The Morgan fingerprint density at radius 1 is 1.43 bits per heavy atom. The van der Waals surface area contributed by atoms with E-state index in [4.69, 9.17) is 10.5 Å². The minimum atomic E-state index is -1.16. The number of halogens is 2. The van der Waals surface area contributed by atoms with Crippen molar-refractivity contribution in [3.05, 3.63) is 41.7 Å². The average molecular weight is 314 g/mol. The number of rotatable bonds is 5. The van der Waals surface area contributed by atoms with Crippen molar-refractivity contribution in [3.63, 3.8) is 0 Å². The van der Waals surface area contributed by atoms with E-state index in [1.807, 2.05) is 6.92 Å². The van der Waals surface area contributed by atoms with Crippen LogP contribution in [0.3, 0.4) is 0 Å². The Hall–Kier alpha value is -1.85. The number of hydrogen-bond acceptors (Lipinski definition) is 3. The van der Waals surface area contributed by atoms with Gasteiger partial charge >= 0.3 is 5.97 Å². The number of carboxylic acid groups (broad SMARTS) is 1. The second-order valence-corrected chi connectivity index (χ2v) is 4.50. The summed E-state index contributed by atoms with van der Waals surface area (Å²) in [6, 6.07) is 7.41. The van der Waals surface area contributed by atoms with Gasteiger partial charge in [0.05, 0.1) is 0 Å². The molecular formula is C15H17ClFNO3. The summed E-state index contributed by atoms with van der Waals surface area (Å²) >= 11 is 0. The molecule has 0 bridgehead atoms. The zero-order valence-corrected chi connectivity index (χ0v) is 12.3. The fraction of sp³-hybridized carbons (Fsp3) is 0.267. The summed E-state index contributed by atoms with van der Waals surface area (Å²) in [5, 5.41) is 10.1. The normalized spacial score (nSPS) is 11.8. The maximum atomic E-state index is 13.7. The molecule has 1 unspecified atom stereocenters. The molecule has 0 saturated heterocycles. The first-order chi connectivity index (χ1) is 9.56. The van der Waals surface area contributed by atoms with E-state index < -0.39 is 11.8 Å². The summed E-state index contributed by atoms with van der Waals surface area (Å²) in [5.41, 5.74) is 5.50. The Bertz CT molecular complexity index is 644. The third-order valence-corrected chi connectivity index (χ3v) is 3.17. The lowest BCUT2D eigenvalue weighted by Gasteiger charge is -2.17. The molecule has 0 saturated carbocycles. The van der Waals surface area contributed by atoms with E-state index in [1.165, 1.54) is 12.1 Å². The van der Waals surface area contributed by atoms with Crippen molar-refractivity contribution < 1.29 is 19.0 Å². The summed E-state index contributed by atoms with van der Waals surface area (Å²) in [5.74, 6) is -1.40. The summed E-state index contributed by atoms with van der Waals surface area (Å²) < 4.78 is 19.3. The van der Waals surface area contributed by atoms with Gasteiger partial charge in [-0.05, 0) is 30.0 Å². The third kappa shape index (κ3) is 3.62. The lowest BCUT2D eigenvalue weighted by molar-refractivity contribution is 0.0689. The van der Waals surface area contributed by atoms with Crippen LogP contribution in [-0.2, 0) is 0 Å². The van der Waals surface area contributed by atoms with E-state index in [9.17, 15) is 14.3 Å². The molecule has 21 heavy (non-hydrogen) atoms. The van der Waals surface area contributed by atoms with Gasteiger partial charge in [-0.25, -0.2) is 9.18 Å². The number of fused-ring (bicyclic) bond motifs is 1. The highest BCUT2D eigenvalue weighted by Gasteiger charge is 2.17. The highest BCUT2D eigenvalue weighted by Crippen LogP contribution is 2.28. The fourth-order valence-corrected chi connectivity index (χ4v) is 2.01. The van der Waals surface area contributed by atoms with Crippen molar-refractivity contribution in [2.45, 2.75) is 19.4 Å². The molecule has 0 aliphatic carbocycles. The van der Waals surface area contributed by atoms with Gasteiger partial charge in [0, 0.05) is 11.9 Å². The molecular weight excluding hydrogens is 297 g/mol. The average Bonchev–Trinajstić information content (AvgIpc) is 2.44. The Balaban J connectivity index is 0.00000220. The minimum absolute atomic E-state index is 0. The van der Waals surface area contributed by atoms with Crippen molar-refractivity contribution >= 4 is 29.1 Å². The highest BCUT2D eigenvalue weighted by molar-refractivity contribution is 5.97. The van der Waals surface area contributed by atoms with Gasteiger partial charge in [-0.2, -0.15) is 0 Å². The van der Waals surface area contributed by atoms with Crippen molar-refractivity contribution in [1.29, 1.82) is 0 Å². The first kappa shape index (κ1) is 17.2. The maximum absolute atomic E-state index is 13.7. The number of aromatic carboxylic acids is 1. The number of carbonyl (C=O) groups is 1. The van der Waals surface area contributed by atoms with E-state index in [0.717, 1.165) is 0 Å². The molecule has 4 nitrogen and oxygen atoms in total. The predicted molar refractivity (Wildman–Crippen MR) is 81.9 cm³/mol. The van der Waals surface area contributed by atoms with Crippen LogP contribution in [0.25, 0.3) is 10.8 Å². The molecule has 0 aromatic heterocycles. The second kappa shape index (κ2) is 7.24. The summed E-state index contributed by atoms with van der Waals surface area (Å²) in [6.45, 7) is 2.19. The zero-order chi connectivity index (χ0) is 14.7. The van der Waals surface area contributed by atoms with Crippen LogP contribution in [0.1, 0.15) is 23.7 Å². The van der Waals surface area contributed by atoms with Gasteiger partial charge in [-0.15, -0.1) is 12.4 Å². The first-order valence-corrected chi connectivity index (χ1v) is 6.39. The quantitative estimate of drug-likeness (QED) is 0.889. The molecule has 0 radical (unpaired) electrons. The molecule has 2 rings (SSSR count). The van der Waals surface area contributed by atoms with E-state index in [1.54, 1.807) is 18.2 Å². The molecule has 0 heterocycles. The van der Waals surface area contributed by atoms with Crippen molar-refractivity contribution in [2.75, 3.05) is 6.54 Å². The fourth-order valence-electron chi connectivity index (χ4n) is 2.01. The lowest BCUT2D eigenvalue weighted by atomic mass is 10.1. The van der Waals surface area contributed by atoms with Crippen LogP contribution in [0.15, 0.2) is 30.3 Å². The Labute approximate surface area is 128 Å². The molecule has 2 aromatic rings. The lowest BCUT2D eigenvalue weighted by Crippen LogP contribution is -2.26. The van der Waals surface area contributed by atoms with Gasteiger partial charge in [-0.3, -0.25) is 0 Å². The van der Waals surface area contributed by atoms with Gasteiger partial charge in [0.1, 0.15) is 23.2 Å². The van der Waals surface area contributed by atoms with Crippen LogP contribution in [0.2, 0.25) is 0 Å². The Morgan fingerprint density at radius 2 is 2.14 bits per heavy atom. The van der Waals surface area contributed by atoms with Gasteiger partial charge in [0.25, 0.3) is 0 Å². The standard InChI is InChI=1S/C15H16FNO3.ClH/c1-2-10(8-17)20-14-6-9-4-3-5-13(16)11(9)7-12(14)15(18)19;/h3-7,10H,2,8,17H2,1H3,(H,18,19);1H. The molecule has 0 aliphatic rings. The monoisotopic (exact) mass is 313 g/mol. The molecule has 0 aliphatic heterocycles. The van der Waals surface area contributed by atoms with Crippen LogP contribution in [0.4, 0.5) is 4.39 Å². The first-order valence-electron chi connectivity index (χ1n) is 6.39. The maximum Gasteiger partial charge on any atom is 0.339 e. The SMILES string of the molecule is CCC(CN)Oc1cc2cccc(F)c2cc1C(=O)O.Cl. The molecule has 0 amide bonds. The molecule has 3 N–H and O–H groups in total. The van der Waals surface area contributed by atoms with Gasteiger partial charge < -0.3 is 15.6 Å². The van der Waals surface area contributed by atoms with E-state index >= 15 is 0 Å². The molecule has 0 fully saturated rings. The van der Waals surface area contributed by atoms with Gasteiger partial charge in [0.15, 0.2) is 0 Å². The number of benzene rings is 2. The van der Waals surface area contributed by atoms with Gasteiger partial charge in [0.2, 0.25) is 0 Å². The van der Waals surface area contributed by atoms with Crippen LogP contribution in [0, 0.1) is 5.82 Å². The van der Waals surface area contributed by atoms with Crippen LogP contribution in [-0.4, -0.2) is 23.7 Å². The minimum Gasteiger partial charge on any atom is -0.488 e. The highest BCUT2D eigenvalue weighted by atomic mass is 35.5. The summed E-state index contributed by atoms with van der Waals surface area (Å²) in [6.07, 6.45) is 0.399. The van der Waals surface area contributed by atoms with E-state index in [0.29, 0.717) is 11.8 Å². The van der Waals surface area contributed by atoms with Gasteiger partial charge in [-0.1, -0.05) is 19.1 Å². The Morgan fingerprint density at radius 3 is 2.71 bits per heavy atom. The van der Waals surface area contributed by atoms with Crippen LogP contribution >= 0.6 is 12.4 Å². The van der Waals surface area contributed by atoms with Crippen LogP contribution in [0.5, 0.6) is 5.75 Å². The molecule has 6 heteroatoms. The molecule has 114 valence electrons. The van der Waals surface area contributed by atoms with Crippen molar-refractivity contribution in [2.24, 2.45) is 5.73 Å². The van der Waals surface area contributed by atoms with E-state index in [-0.39, 0.29) is 41.8 Å². The summed E-state index contributed by atoms with van der Waals surface area (Å²) in [7, 11) is 0. The topological polar surface area (TPSA) is 72.5 Å². The number of hydrogen-bond donors (Lipinski definition) is 2. The molecule has 1 atom stereocenters. The second-order valence-electron chi connectivity index (χ2n) is 4.50. The number of nitrogens with two attached hydrogens (primary N) is 1. The molecule has 2 aromatic carbocycles. The smallest absolute Gasteiger partial charge is 0.339 e. The zero-order valence-electron chi connectivity index (χ0n) is 11.5. The summed E-state index contributed by atoms with van der Waals surface area (Å²) in [4.78, 5) is 11.3. The Kier molecular flexibility index (Phi) is 5.93.